The van der Waals surface area contributed by atoms with Crippen molar-refractivity contribution in [2.45, 2.75) is 0 Å². The summed E-state index contributed by atoms with van der Waals surface area (Å²) in [5.41, 5.74) is 4.49. The van der Waals surface area contributed by atoms with Gasteiger partial charge in [-0.25, -0.2) is 0 Å². The van der Waals surface area contributed by atoms with Gasteiger partial charge >= 0.3 is 0 Å². The summed E-state index contributed by atoms with van der Waals surface area (Å²) in [6.07, 6.45) is 9.58. The van der Waals surface area contributed by atoms with Crippen molar-refractivity contribution in [2.75, 3.05) is 0 Å². The normalized spacial score (nSPS) is 11.6. The lowest BCUT2D eigenvalue weighted by molar-refractivity contribution is -0.605. The van der Waals surface area contributed by atoms with E-state index in [9.17, 15) is 10.5 Å². The Morgan fingerprint density at radius 2 is 2.19 bits per heavy atom. The van der Waals surface area contributed by atoms with Crippen molar-refractivity contribution in [1.82, 2.24) is 4.98 Å². The van der Waals surface area contributed by atoms with Crippen molar-refractivity contribution >= 4 is 38.5 Å². The Morgan fingerprint density at radius 3 is 2.96 bits per heavy atom. The van der Waals surface area contributed by atoms with Crippen LogP contribution in [0.25, 0.3) is 33.7 Å². The average molecular weight is 406 g/mol. The summed E-state index contributed by atoms with van der Waals surface area (Å²) in [5, 5.41) is 22.5. The number of H-pyrrole nitrogens is 1. The Bertz CT molecular complexity index is 1170. The smallest absolute Gasteiger partial charge is 0.188 e. The minimum absolute atomic E-state index is 0.463. The van der Waals surface area contributed by atoms with Gasteiger partial charge in [0.05, 0.1) is 24.2 Å². The monoisotopic (exact) mass is 405 g/mol. The predicted octanol–water partition coefficient (Wildman–Crippen LogP) is 4.89. The molecule has 0 saturated carbocycles. The summed E-state index contributed by atoms with van der Waals surface area (Å²) >= 11 is 3.47. The molecule has 0 spiro atoms. The fraction of sp³-hybridized carbons (Fsp3) is 0. The van der Waals surface area contributed by atoms with Crippen LogP contribution in [0.5, 0.6) is 0 Å². The second-order valence-electron chi connectivity index (χ2n) is 5.75. The third-order valence-electron chi connectivity index (χ3n) is 4.15. The molecule has 0 radical (unpaired) electrons. The fourth-order valence-corrected chi connectivity index (χ4v) is 3.29. The van der Waals surface area contributed by atoms with Gasteiger partial charge in [-0.1, -0.05) is 15.9 Å². The van der Waals surface area contributed by atoms with E-state index in [0.29, 0.717) is 11.1 Å². The van der Waals surface area contributed by atoms with Gasteiger partial charge in [0.2, 0.25) is 0 Å². The molecule has 0 fully saturated rings. The van der Waals surface area contributed by atoms with Crippen LogP contribution in [0.1, 0.15) is 11.1 Å². The number of aromatic nitrogens is 2. The van der Waals surface area contributed by atoms with E-state index in [-0.39, 0.29) is 0 Å². The van der Waals surface area contributed by atoms with E-state index >= 15 is 0 Å². The van der Waals surface area contributed by atoms with Gasteiger partial charge < -0.3 is 14.6 Å². The van der Waals surface area contributed by atoms with E-state index in [1.807, 2.05) is 24.3 Å². The molecule has 126 valence electrons. The minimum atomic E-state index is 0.463. The van der Waals surface area contributed by atoms with Crippen LogP contribution in [0.3, 0.4) is 0 Å². The number of pyridine rings is 1. The number of furan rings is 1. The molecule has 4 rings (SSSR count). The number of hydrogen-bond donors (Lipinski definition) is 1. The van der Waals surface area contributed by atoms with Gasteiger partial charge in [0.15, 0.2) is 12.4 Å². The van der Waals surface area contributed by atoms with Crippen molar-refractivity contribution in [1.29, 1.82) is 5.26 Å². The highest BCUT2D eigenvalue weighted by Crippen LogP contribution is 2.31. The lowest BCUT2D eigenvalue weighted by Crippen LogP contribution is -2.24. The maximum absolute atomic E-state index is 11.8. The number of nitrogens with one attached hydrogen (secondary N) is 1. The van der Waals surface area contributed by atoms with Crippen LogP contribution in [0.15, 0.2) is 70.3 Å². The molecule has 0 unspecified atom stereocenters. The van der Waals surface area contributed by atoms with Gasteiger partial charge in [0, 0.05) is 49.9 Å². The molecule has 26 heavy (non-hydrogen) atoms. The Balaban J connectivity index is 1.90. The zero-order valence-corrected chi connectivity index (χ0v) is 15.0. The van der Waals surface area contributed by atoms with Crippen molar-refractivity contribution in [3.8, 4) is 17.2 Å². The molecule has 5 nitrogen and oxygen atoms in total. The Morgan fingerprint density at radius 1 is 1.31 bits per heavy atom. The lowest BCUT2D eigenvalue weighted by atomic mass is 9.99. The van der Waals surface area contributed by atoms with Crippen molar-refractivity contribution in [2.24, 2.45) is 0 Å². The number of allylic oxidation sites excluding steroid dienone is 1. The first-order chi connectivity index (χ1) is 12.7. The molecule has 0 aliphatic rings. The molecular weight excluding hydrogens is 394 g/mol. The summed E-state index contributed by atoms with van der Waals surface area (Å²) < 4.78 is 6.80. The highest BCUT2D eigenvalue weighted by molar-refractivity contribution is 9.10. The summed E-state index contributed by atoms with van der Waals surface area (Å²) in [7, 11) is 0. The van der Waals surface area contributed by atoms with Gasteiger partial charge in [-0.3, -0.25) is 0 Å². The van der Waals surface area contributed by atoms with Gasteiger partial charge in [-0.2, -0.15) is 9.99 Å². The zero-order chi connectivity index (χ0) is 18.1. The molecule has 3 heterocycles. The van der Waals surface area contributed by atoms with E-state index in [2.05, 4.69) is 27.0 Å². The Kier molecular flexibility index (Phi) is 4.07. The van der Waals surface area contributed by atoms with Crippen molar-refractivity contribution < 1.29 is 9.15 Å². The number of aromatic amines is 1. The quantitative estimate of drug-likeness (QED) is 0.299. The average Bonchev–Trinajstić information content (AvgIpc) is 3.29. The molecule has 4 aromatic rings. The van der Waals surface area contributed by atoms with Crippen LogP contribution < -0.4 is 4.73 Å². The summed E-state index contributed by atoms with van der Waals surface area (Å²) in [6, 6.07) is 11.6. The third-order valence-corrected chi connectivity index (χ3v) is 4.65. The Labute approximate surface area is 157 Å². The summed E-state index contributed by atoms with van der Waals surface area (Å²) in [5.74, 6) is 0. The second kappa shape index (κ2) is 6.54. The summed E-state index contributed by atoms with van der Waals surface area (Å²) in [4.78, 5) is 3.17. The highest BCUT2D eigenvalue weighted by Gasteiger charge is 2.13. The highest BCUT2D eigenvalue weighted by atomic mass is 79.9. The SMILES string of the molecule is N#CC(=Cc1c[n+]([O-])ccc1-c1ccoc1)c1c[nH]c2ccc(Br)cc12. The molecular formula is C20H12BrN3O2. The maximum atomic E-state index is 11.8. The lowest BCUT2D eigenvalue weighted by Gasteiger charge is -2.05. The van der Waals surface area contributed by atoms with E-state index < -0.39 is 0 Å². The van der Waals surface area contributed by atoms with Crippen LogP contribution >= 0.6 is 15.9 Å². The molecule has 0 aliphatic heterocycles. The van der Waals surface area contributed by atoms with E-state index in [0.717, 1.165) is 36.8 Å². The third kappa shape index (κ3) is 2.89. The molecule has 0 saturated heterocycles. The van der Waals surface area contributed by atoms with Crippen LogP contribution in [0, 0.1) is 16.5 Å². The topological polar surface area (TPSA) is 79.7 Å². The first kappa shape index (κ1) is 16.2. The van der Waals surface area contributed by atoms with Crippen LogP contribution in [-0.2, 0) is 0 Å². The second-order valence-corrected chi connectivity index (χ2v) is 6.66. The Hall–Kier alpha value is -3.30. The first-order valence-electron chi connectivity index (χ1n) is 7.80. The largest absolute Gasteiger partial charge is 0.619 e. The van der Waals surface area contributed by atoms with E-state index in [1.54, 1.807) is 30.9 Å². The number of nitriles is 1. The number of halogens is 1. The molecule has 3 aromatic heterocycles. The first-order valence-corrected chi connectivity index (χ1v) is 8.59. The summed E-state index contributed by atoms with van der Waals surface area (Å²) in [6.45, 7) is 0. The fourth-order valence-electron chi connectivity index (χ4n) is 2.93. The van der Waals surface area contributed by atoms with Crippen molar-refractivity contribution in [3.63, 3.8) is 0 Å². The van der Waals surface area contributed by atoms with Crippen LogP contribution in [0.4, 0.5) is 0 Å². The standard InChI is InChI=1S/C20H12BrN3O2/c21-16-1-2-20-18(8-16)19(10-23-20)14(9-22)7-15-11-24(25)5-3-17(15)13-4-6-26-12-13/h1-8,10-12,23H. The molecule has 1 N–H and O–H groups in total. The van der Waals surface area contributed by atoms with Gasteiger partial charge in [-0.05, 0) is 30.3 Å². The van der Waals surface area contributed by atoms with Crippen LogP contribution in [-0.4, -0.2) is 4.98 Å². The van der Waals surface area contributed by atoms with Gasteiger partial charge in [0.1, 0.15) is 0 Å². The number of nitrogens with zero attached hydrogens (tertiary/aromatic N) is 2. The minimum Gasteiger partial charge on any atom is -0.619 e. The number of fused-ring (bicyclic) bond motifs is 1. The van der Waals surface area contributed by atoms with Crippen molar-refractivity contribution in [3.05, 3.63) is 82.3 Å². The molecule has 0 aliphatic carbocycles. The van der Waals surface area contributed by atoms with E-state index in [1.165, 1.54) is 12.4 Å². The molecule has 1 aromatic carbocycles. The number of hydrogen-bond acceptors (Lipinski definition) is 3. The zero-order valence-electron chi connectivity index (χ0n) is 13.4. The molecule has 6 heteroatoms. The van der Waals surface area contributed by atoms with Gasteiger partial charge in [-0.15, -0.1) is 0 Å². The maximum Gasteiger partial charge on any atom is 0.188 e. The molecule has 0 amide bonds. The van der Waals surface area contributed by atoms with E-state index in [4.69, 9.17) is 4.42 Å². The number of benzene rings is 1. The molecule has 0 atom stereocenters. The van der Waals surface area contributed by atoms with Crippen LogP contribution in [0.2, 0.25) is 0 Å². The number of rotatable bonds is 3. The predicted molar refractivity (Wildman–Crippen MR) is 103 cm³/mol. The molecule has 0 bridgehead atoms. The van der Waals surface area contributed by atoms with Gasteiger partial charge in [0.25, 0.3) is 0 Å².